The summed E-state index contributed by atoms with van der Waals surface area (Å²) in [6.45, 7) is 4.18. The number of hydrogen-bond donors (Lipinski definition) is 1. The molecule has 1 aromatic carbocycles. The Kier molecular flexibility index (Phi) is 6.14. The Labute approximate surface area is 174 Å². The average Bonchev–Trinajstić information content (AvgIpc) is 2.98. The van der Waals surface area contributed by atoms with Crippen LogP contribution in [0.25, 0.3) is 0 Å². The zero-order valence-corrected chi connectivity index (χ0v) is 17.1. The van der Waals surface area contributed by atoms with Crippen LogP contribution in [-0.4, -0.2) is 46.5 Å². The van der Waals surface area contributed by atoms with Crippen LogP contribution >= 0.6 is 0 Å². The maximum atomic E-state index is 12.6. The van der Waals surface area contributed by atoms with E-state index >= 15 is 0 Å². The second-order valence-corrected chi connectivity index (χ2v) is 7.55. The third-order valence-electron chi connectivity index (χ3n) is 5.50. The van der Waals surface area contributed by atoms with E-state index in [1.54, 1.807) is 24.3 Å². The Hall–Kier alpha value is -3.29. The maximum Gasteiger partial charge on any atom is 0.329 e. The number of Topliss-reactive ketones (excluding diaryl/α,β-unsaturated/α-hetero) is 1. The van der Waals surface area contributed by atoms with Crippen LogP contribution in [0.15, 0.2) is 36.4 Å². The second kappa shape index (κ2) is 8.61. The second-order valence-electron chi connectivity index (χ2n) is 7.55. The topological polar surface area (TPSA) is 110 Å². The number of fused-ring (bicyclic) bond motifs is 1. The van der Waals surface area contributed by atoms with Crippen molar-refractivity contribution in [2.24, 2.45) is 11.8 Å². The van der Waals surface area contributed by atoms with Crippen molar-refractivity contribution >= 4 is 35.2 Å². The molecule has 158 valence electrons. The summed E-state index contributed by atoms with van der Waals surface area (Å²) in [4.78, 5) is 62.9. The Balaban J connectivity index is 1.64. The van der Waals surface area contributed by atoms with Crippen molar-refractivity contribution in [1.82, 2.24) is 4.90 Å². The van der Waals surface area contributed by atoms with E-state index < -0.39 is 35.9 Å². The molecule has 1 N–H and O–H groups in total. The molecule has 0 aromatic heterocycles. The lowest BCUT2D eigenvalue weighted by Gasteiger charge is -2.23. The highest BCUT2D eigenvalue weighted by molar-refractivity contribution is 6.08. The van der Waals surface area contributed by atoms with Gasteiger partial charge in [0.2, 0.25) is 11.8 Å². The van der Waals surface area contributed by atoms with Crippen molar-refractivity contribution in [2.75, 3.05) is 5.32 Å². The average molecular weight is 412 g/mol. The SMILES string of the molecule is CC(=O)c1ccccc1NC(=O)[C@H](C)OC(=O)[C@H](C)N1C(=O)[C@H]2CC=CC[C@H]2C1=O. The fourth-order valence-electron chi connectivity index (χ4n) is 3.77. The minimum Gasteiger partial charge on any atom is -0.451 e. The van der Waals surface area contributed by atoms with Crippen molar-refractivity contribution in [3.8, 4) is 0 Å². The molecule has 0 saturated carbocycles. The van der Waals surface area contributed by atoms with Crippen LogP contribution in [0.4, 0.5) is 5.69 Å². The molecule has 8 nitrogen and oxygen atoms in total. The summed E-state index contributed by atoms with van der Waals surface area (Å²) >= 11 is 0. The number of ether oxygens (including phenoxy) is 1. The standard InChI is InChI=1S/C22H24N2O6/c1-12(24-20(27)16-9-4-5-10-17(16)21(24)28)22(29)30-14(3)19(26)23-18-11-7-6-8-15(18)13(2)25/h4-8,11-12,14,16-17H,9-10H2,1-3H3,(H,23,26)/t12-,14-,16-,17+/m0/s1. The Bertz CT molecular complexity index is 911. The molecule has 4 atom stereocenters. The summed E-state index contributed by atoms with van der Waals surface area (Å²) in [5.41, 5.74) is 0.648. The zero-order valence-electron chi connectivity index (χ0n) is 17.1. The van der Waals surface area contributed by atoms with Crippen LogP contribution < -0.4 is 5.32 Å². The molecular weight excluding hydrogens is 388 g/mol. The number of likely N-dealkylation sites (tertiary alicyclic amines) is 1. The van der Waals surface area contributed by atoms with Gasteiger partial charge in [-0.2, -0.15) is 0 Å². The van der Waals surface area contributed by atoms with Crippen LogP contribution in [0.3, 0.4) is 0 Å². The monoisotopic (exact) mass is 412 g/mol. The lowest BCUT2D eigenvalue weighted by molar-refractivity contribution is -0.163. The molecule has 1 aliphatic heterocycles. The van der Waals surface area contributed by atoms with Gasteiger partial charge in [0.25, 0.3) is 5.91 Å². The Morgan fingerprint density at radius 1 is 1.03 bits per heavy atom. The van der Waals surface area contributed by atoms with E-state index in [9.17, 15) is 24.0 Å². The summed E-state index contributed by atoms with van der Waals surface area (Å²) in [7, 11) is 0. The van der Waals surface area contributed by atoms with Gasteiger partial charge in [-0.3, -0.25) is 24.1 Å². The van der Waals surface area contributed by atoms with Crippen LogP contribution in [-0.2, 0) is 23.9 Å². The number of benzene rings is 1. The first-order valence-electron chi connectivity index (χ1n) is 9.85. The number of imide groups is 1. The van der Waals surface area contributed by atoms with Crippen LogP contribution in [0, 0.1) is 11.8 Å². The fraction of sp³-hybridized carbons (Fsp3) is 0.409. The van der Waals surface area contributed by atoms with Gasteiger partial charge in [0.1, 0.15) is 6.04 Å². The van der Waals surface area contributed by atoms with Crippen molar-refractivity contribution in [1.29, 1.82) is 0 Å². The van der Waals surface area contributed by atoms with Gasteiger partial charge in [0.15, 0.2) is 11.9 Å². The van der Waals surface area contributed by atoms with E-state index in [1.807, 2.05) is 12.2 Å². The number of rotatable bonds is 6. The molecule has 3 rings (SSSR count). The minimum atomic E-state index is -1.18. The van der Waals surface area contributed by atoms with Gasteiger partial charge in [0, 0.05) is 5.56 Å². The number of nitrogens with one attached hydrogen (secondary N) is 1. The van der Waals surface area contributed by atoms with Crippen LogP contribution in [0.5, 0.6) is 0 Å². The molecule has 1 saturated heterocycles. The first-order valence-corrected chi connectivity index (χ1v) is 9.85. The van der Waals surface area contributed by atoms with E-state index in [2.05, 4.69) is 5.32 Å². The molecule has 1 fully saturated rings. The number of allylic oxidation sites excluding steroid dienone is 2. The Morgan fingerprint density at radius 3 is 2.17 bits per heavy atom. The van der Waals surface area contributed by atoms with Crippen molar-refractivity contribution < 1.29 is 28.7 Å². The molecule has 8 heteroatoms. The molecule has 0 unspecified atom stereocenters. The Morgan fingerprint density at radius 2 is 1.60 bits per heavy atom. The molecule has 1 heterocycles. The number of ketones is 1. The summed E-state index contributed by atoms with van der Waals surface area (Å²) in [6.07, 6.45) is 3.49. The highest BCUT2D eigenvalue weighted by Crippen LogP contribution is 2.36. The predicted molar refractivity (Wildman–Crippen MR) is 107 cm³/mol. The highest BCUT2D eigenvalue weighted by atomic mass is 16.5. The molecule has 30 heavy (non-hydrogen) atoms. The molecule has 0 radical (unpaired) electrons. The predicted octanol–water partition coefficient (Wildman–Crippen LogP) is 2.10. The fourth-order valence-corrected chi connectivity index (χ4v) is 3.77. The van der Waals surface area contributed by atoms with Crippen molar-refractivity contribution in [2.45, 2.75) is 45.8 Å². The van der Waals surface area contributed by atoms with Gasteiger partial charge < -0.3 is 10.1 Å². The highest BCUT2D eigenvalue weighted by Gasteiger charge is 2.50. The van der Waals surface area contributed by atoms with Crippen molar-refractivity contribution in [3.05, 3.63) is 42.0 Å². The number of hydrogen-bond acceptors (Lipinski definition) is 6. The molecular formula is C22H24N2O6. The molecule has 0 spiro atoms. The molecule has 1 aliphatic carbocycles. The maximum absolute atomic E-state index is 12.6. The van der Waals surface area contributed by atoms with E-state index in [1.165, 1.54) is 20.8 Å². The molecule has 0 bridgehead atoms. The summed E-state index contributed by atoms with van der Waals surface area (Å²) in [5, 5.41) is 2.57. The molecule has 1 aromatic rings. The lowest BCUT2D eigenvalue weighted by Crippen LogP contribution is -2.46. The van der Waals surface area contributed by atoms with Gasteiger partial charge in [-0.15, -0.1) is 0 Å². The van der Waals surface area contributed by atoms with Gasteiger partial charge in [0.05, 0.1) is 17.5 Å². The third kappa shape index (κ3) is 4.03. The normalized spacial score (nSPS) is 22.3. The number of carbonyl (C=O) groups excluding carboxylic acids is 5. The number of esters is 1. The number of para-hydroxylation sites is 1. The zero-order chi connectivity index (χ0) is 22.0. The van der Waals surface area contributed by atoms with Gasteiger partial charge in [-0.05, 0) is 45.7 Å². The smallest absolute Gasteiger partial charge is 0.329 e. The third-order valence-corrected chi connectivity index (χ3v) is 5.50. The quantitative estimate of drug-likeness (QED) is 0.332. The van der Waals surface area contributed by atoms with Gasteiger partial charge in [-0.25, -0.2) is 4.79 Å². The van der Waals surface area contributed by atoms with Crippen molar-refractivity contribution in [3.63, 3.8) is 0 Å². The van der Waals surface area contributed by atoms with Crippen LogP contribution in [0.2, 0.25) is 0 Å². The lowest BCUT2D eigenvalue weighted by atomic mass is 9.85. The largest absolute Gasteiger partial charge is 0.451 e. The summed E-state index contributed by atoms with van der Waals surface area (Å²) in [5.74, 6) is -3.33. The number of carbonyl (C=O) groups is 5. The first-order chi connectivity index (χ1) is 14.2. The summed E-state index contributed by atoms with van der Waals surface area (Å²) < 4.78 is 5.21. The molecule has 3 amide bonds. The van der Waals surface area contributed by atoms with E-state index in [-0.39, 0.29) is 17.6 Å². The van der Waals surface area contributed by atoms with Gasteiger partial charge in [-0.1, -0.05) is 24.3 Å². The van der Waals surface area contributed by atoms with Crippen LogP contribution in [0.1, 0.15) is 44.0 Å². The van der Waals surface area contributed by atoms with E-state index in [0.29, 0.717) is 24.1 Å². The number of nitrogens with zero attached hydrogens (tertiary/aromatic N) is 1. The van der Waals surface area contributed by atoms with E-state index in [4.69, 9.17) is 4.74 Å². The van der Waals surface area contributed by atoms with Gasteiger partial charge >= 0.3 is 5.97 Å². The van der Waals surface area contributed by atoms with E-state index in [0.717, 1.165) is 4.90 Å². The number of anilines is 1. The molecule has 2 aliphatic rings. The number of amides is 3. The first kappa shape index (κ1) is 21.4. The summed E-state index contributed by atoms with van der Waals surface area (Å²) in [6, 6.07) is 5.36. The minimum absolute atomic E-state index is 0.216.